The maximum atomic E-state index is 12.9. The standard InChI is InChI=1S/C8H4F2N4O2/c9-6-2-1-5(3-7(6)10)13-4-11-8(12-13)14(15)16/h1-4H. The summed E-state index contributed by atoms with van der Waals surface area (Å²) >= 11 is 0. The Labute approximate surface area is 87.3 Å². The van der Waals surface area contributed by atoms with Gasteiger partial charge in [-0.15, -0.1) is 4.68 Å². The molecule has 1 aromatic carbocycles. The molecule has 16 heavy (non-hydrogen) atoms. The molecule has 82 valence electrons. The fraction of sp³-hybridized carbons (Fsp3) is 0. The molecule has 6 nitrogen and oxygen atoms in total. The van der Waals surface area contributed by atoms with E-state index in [4.69, 9.17) is 0 Å². The van der Waals surface area contributed by atoms with Crippen molar-refractivity contribution in [1.29, 1.82) is 0 Å². The van der Waals surface area contributed by atoms with E-state index in [1.165, 1.54) is 6.07 Å². The molecule has 8 heteroatoms. The molecular weight excluding hydrogens is 222 g/mol. The Hall–Kier alpha value is -2.38. The lowest BCUT2D eigenvalue weighted by Gasteiger charge is -1.96. The maximum Gasteiger partial charge on any atom is 0.491 e. The quantitative estimate of drug-likeness (QED) is 0.573. The van der Waals surface area contributed by atoms with Crippen molar-refractivity contribution in [2.75, 3.05) is 0 Å². The average Bonchev–Trinajstić information content (AvgIpc) is 2.71. The Bertz CT molecular complexity index is 555. The third kappa shape index (κ3) is 1.72. The van der Waals surface area contributed by atoms with Gasteiger partial charge in [-0.3, -0.25) is 0 Å². The molecule has 0 N–H and O–H groups in total. The van der Waals surface area contributed by atoms with Crippen molar-refractivity contribution in [3.63, 3.8) is 0 Å². The summed E-state index contributed by atoms with van der Waals surface area (Å²) in [7, 11) is 0. The van der Waals surface area contributed by atoms with Crippen LogP contribution in [0.15, 0.2) is 24.5 Å². The highest BCUT2D eigenvalue weighted by Gasteiger charge is 2.15. The van der Waals surface area contributed by atoms with E-state index in [1.807, 2.05) is 0 Å². The van der Waals surface area contributed by atoms with E-state index < -0.39 is 22.5 Å². The maximum absolute atomic E-state index is 12.9. The molecule has 2 aromatic rings. The number of hydrogen-bond acceptors (Lipinski definition) is 4. The van der Waals surface area contributed by atoms with Gasteiger partial charge in [0.25, 0.3) is 0 Å². The fourth-order valence-electron chi connectivity index (χ4n) is 1.09. The summed E-state index contributed by atoms with van der Waals surface area (Å²) < 4.78 is 26.5. The summed E-state index contributed by atoms with van der Waals surface area (Å²) in [6.45, 7) is 0. The first kappa shape index (κ1) is 10.1. The van der Waals surface area contributed by atoms with Crippen LogP contribution in [0.4, 0.5) is 14.7 Å². The van der Waals surface area contributed by atoms with Crippen LogP contribution in [0.25, 0.3) is 5.69 Å². The molecule has 0 aliphatic carbocycles. The van der Waals surface area contributed by atoms with E-state index in [-0.39, 0.29) is 5.69 Å². The fourth-order valence-corrected chi connectivity index (χ4v) is 1.09. The Balaban J connectivity index is 2.42. The average molecular weight is 226 g/mol. The molecule has 0 fully saturated rings. The smallest absolute Gasteiger partial charge is 0.390 e. The van der Waals surface area contributed by atoms with Crippen LogP contribution in [0, 0.1) is 21.7 Å². The highest BCUT2D eigenvalue weighted by Crippen LogP contribution is 2.13. The highest BCUT2D eigenvalue weighted by molar-refractivity contribution is 5.31. The summed E-state index contributed by atoms with van der Waals surface area (Å²) in [6.07, 6.45) is 1.05. The van der Waals surface area contributed by atoms with Gasteiger partial charge in [0.2, 0.25) is 6.33 Å². The number of benzene rings is 1. The summed E-state index contributed by atoms with van der Waals surface area (Å²) in [6, 6.07) is 3.00. The topological polar surface area (TPSA) is 73.8 Å². The van der Waals surface area contributed by atoms with Crippen LogP contribution in [0.2, 0.25) is 0 Å². The number of nitrogens with zero attached hydrogens (tertiary/aromatic N) is 4. The molecule has 0 saturated heterocycles. The predicted octanol–water partition coefficient (Wildman–Crippen LogP) is 1.45. The van der Waals surface area contributed by atoms with Crippen molar-refractivity contribution in [2.45, 2.75) is 0 Å². The molecule has 0 aliphatic heterocycles. The Morgan fingerprint density at radius 3 is 2.62 bits per heavy atom. The van der Waals surface area contributed by atoms with Crippen LogP contribution < -0.4 is 0 Å². The van der Waals surface area contributed by atoms with Gasteiger partial charge < -0.3 is 10.1 Å². The molecule has 0 saturated carbocycles. The van der Waals surface area contributed by atoms with E-state index >= 15 is 0 Å². The molecule has 0 radical (unpaired) electrons. The molecule has 0 spiro atoms. The molecular formula is C8H4F2N4O2. The van der Waals surface area contributed by atoms with Gasteiger partial charge in [-0.05, 0) is 17.1 Å². The van der Waals surface area contributed by atoms with Gasteiger partial charge >= 0.3 is 5.95 Å². The van der Waals surface area contributed by atoms with E-state index in [0.717, 1.165) is 23.1 Å². The number of nitro groups is 1. The summed E-state index contributed by atoms with van der Waals surface area (Å²) in [5, 5.41) is 13.8. The monoisotopic (exact) mass is 226 g/mol. The first-order valence-corrected chi connectivity index (χ1v) is 4.09. The van der Waals surface area contributed by atoms with Crippen LogP contribution in [-0.4, -0.2) is 19.7 Å². The zero-order valence-corrected chi connectivity index (χ0v) is 7.67. The lowest BCUT2D eigenvalue weighted by molar-refractivity contribution is -0.394. The van der Waals surface area contributed by atoms with Crippen LogP contribution in [-0.2, 0) is 0 Å². The molecule has 2 rings (SSSR count). The van der Waals surface area contributed by atoms with E-state index in [2.05, 4.69) is 10.1 Å². The Morgan fingerprint density at radius 2 is 2.06 bits per heavy atom. The lowest BCUT2D eigenvalue weighted by atomic mass is 10.3. The second-order valence-electron chi connectivity index (χ2n) is 2.84. The van der Waals surface area contributed by atoms with Gasteiger partial charge in [0.1, 0.15) is 0 Å². The first-order valence-electron chi connectivity index (χ1n) is 4.09. The Morgan fingerprint density at radius 1 is 1.31 bits per heavy atom. The summed E-state index contributed by atoms with van der Waals surface area (Å²) in [5.41, 5.74) is 0.152. The minimum Gasteiger partial charge on any atom is -0.390 e. The van der Waals surface area contributed by atoms with Gasteiger partial charge in [0, 0.05) is 11.2 Å². The molecule has 0 bridgehead atoms. The van der Waals surface area contributed by atoms with Crippen molar-refractivity contribution in [2.24, 2.45) is 0 Å². The normalized spacial score (nSPS) is 10.4. The van der Waals surface area contributed by atoms with Crippen molar-refractivity contribution in [3.05, 3.63) is 46.3 Å². The lowest BCUT2D eigenvalue weighted by Crippen LogP contribution is -1.98. The molecule has 0 unspecified atom stereocenters. The predicted molar refractivity (Wildman–Crippen MR) is 47.9 cm³/mol. The van der Waals surface area contributed by atoms with Crippen molar-refractivity contribution < 1.29 is 13.7 Å². The van der Waals surface area contributed by atoms with Gasteiger partial charge in [0.15, 0.2) is 11.6 Å². The molecule has 0 amide bonds. The van der Waals surface area contributed by atoms with E-state index in [9.17, 15) is 18.9 Å². The molecule has 1 aromatic heterocycles. The molecule has 0 atom stereocenters. The number of aromatic nitrogens is 3. The second kappa shape index (κ2) is 3.65. The third-order valence-corrected chi connectivity index (χ3v) is 1.81. The zero-order valence-electron chi connectivity index (χ0n) is 7.67. The number of rotatable bonds is 2. The van der Waals surface area contributed by atoms with Gasteiger partial charge in [-0.25, -0.2) is 8.78 Å². The first-order chi connectivity index (χ1) is 7.58. The van der Waals surface area contributed by atoms with Crippen molar-refractivity contribution >= 4 is 5.95 Å². The van der Waals surface area contributed by atoms with Gasteiger partial charge in [-0.1, -0.05) is 4.98 Å². The van der Waals surface area contributed by atoms with Crippen LogP contribution in [0.1, 0.15) is 0 Å². The minimum atomic E-state index is -1.06. The van der Waals surface area contributed by atoms with Gasteiger partial charge in [-0.2, -0.15) is 0 Å². The second-order valence-corrected chi connectivity index (χ2v) is 2.84. The molecule has 0 aliphatic rings. The van der Waals surface area contributed by atoms with Gasteiger partial charge in [0.05, 0.1) is 5.69 Å². The van der Waals surface area contributed by atoms with E-state index in [1.54, 1.807) is 0 Å². The third-order valence-electron chi connectivity index (χ3n) is 1.81. The summed E-state index contributed by atoms with van der Waals surface area (Å²) in [4.78, 5) is 12.9. The number of hydrogen-bond donors (Lipinski definition) is 0. The van der Waals surface area contributed by atoms with Crippen LogP contribution in [0.3, 0.4) is 0 Å². The minimum absolute atomic E-state index is 0.152. The van der Waals surface area contributed by atoms with Crippen LogP contribution >= 0.6 is 0 Å². The van der Waals surface area contributed by atoms with Crippen LogP contribution in [0.5, 0.6) is 0 Å². The molecule has 1 heterocycles. The summed E-state index contributed by atoms with van der Waals surface area (Å²) in [5.74, 6) is -2.67. The largest absolute Gasteiger partial charge is 0.491 e. The zero-order chi connectivity index (χ0) is 11.7. The van der Waals surface area contributed by atoms with E-state index in [0.29, 0.717) is 0 Å². The SMILES string of the molecule is O=[N+]([O-])c1ncn(-c2ccc(F)c(F)c2)n1. The number of halogens is 2. The van der Waals surface area contributed by atoms with Crippen molar-refractivity contribution in [1.82, 2.24) is 14.8 Å². The Kier molecular flexibility index (Phi) is 2.31. The highest BCUT2D eigenvalue weighted by atomic mass is 19.2. The van der Waals surface area contributed by atoms with Crippen molar-refractivity contribution in [3.8, 4) is 5.69 Å².